The number of hydrogen-bond donors (Lipinski definition) is 4. The van der Waals surface area contributed by atoms with E-state index < -0.39 is 23.8 Å². The molecule has 0 aromatic heterocycles. The number of carbonyl (C=O) groups is 3. The highest BCUT2D eigenvalue weighted by atomic mass is 16.5. The lowest BCUT2D eigenvalue weighted by Gasteiger charge is -2.23. The lowest BCUT2D eigenvalue weighted by atomic mass is 9.92. The molecule has 2 amide bonds. The van der Waals surface area contributed by atoms with E-state index in [1.54, 1.807) is 67.6 Å². The SMILES string of the molecule is COC(=O)[C@H](Cc1cccc(C(=N)N)c1)[C@@H](C)NC(=O)c1ccc(-c2cccc(C(N)=O)c2)cc1. The first-order valence-corrected chi connectivity index (χ1v) is 11.0. The van der Waals surface area contributed by atoms with E-state index in [-0.39, 0.29) is 11.7 Å². The van der Waals surface area contributed by atoms with Crippen molar-refractivity contribution in [3.8, 4) is 11.1 Å². The molecule has 180 valence electrons. The number of amides is 2. The second kappa shape index (κ2) is 11.1. The minimum atomic E-state index is -0.637. The van der Waals surface area contributed by atoms with Gasteiger partial charge in [0.1, 0.15) is 5.84 Å². The molecule has 0 unspecified atom stereocenters. The van der Waals surface area contributed by atoms with Gasteiger partial charge in [0.05, 0.1) is 13.0 Å². The number of amidine groups is 1. The third-order valence-electron chi connectivity index (χ3n) is 5.79. The molecule has 0 saturated heterocycles. The van der Waals surface area contributed by atoms with Crippen LogP contribution in [0.15, 0.2) is 72.8 Å². The summed E-state index contributed by atoms with van der Waals surface area (Å²) in [6.07, 6.45) is 0.310. The number of primary amides is 1. The van der Waals surface area contributed by atoms with Crippen LogP contribution in [0.5, 0.6) is 0 Å². The minimum Gasteiger partial charge on any atom is -0.469 e. The molecule has 0 radical (unpaired) electrons. The molecule has 3 aromatic rings. The zero-order valence-electron chi connectivity index (χ0n) is 19.6. The molecule has 0 aliphatic rings. The molecule has 0 spiro atoms. The summed E-state index contributed by atoms with van der Waals surface area (Å²) in [6, 6.07) is 20.4. The van der Waals surface area contributed by atoms with Crippen molar-refractivity contribution in [1.82, 2.24) is 5.32 Å². The minimum absolute atomic E-state index is 0.0624. The maximum Gasteiger partial charge on any atom is 0.311 e. The first-order valence-electron chi connectivity index (χ1n) is 11.0. The van der Waals surface area contributed by atoms with Gasteiger partial charge in [0, 0.05) is 22.7 Å². The number of benzene rings is 3. The summed E-state index contributed by atoms with van der Waals surface area (Å²) in [5.41, 5.74) is 14.8. The van der Waals surface area contributed by atoms with Crippen molar-refractivity contribution in [1.29, 1.82) is 5.41 Å². The number of esters is 1. The van der Waals surface area contributed by atoms with Crippen molar-refractivity contribution in [3.05, 3.63) is 95.1 Å². The van der Waals surface area contributed by atoms with E-state index in [1.807, 2.05) is 12.1 Å². The zero-order valence-corrected chi connectivity index (χ0v) is 19.6. The van der Waals surface area contributed by atoms with E-state index in [1.165, 1.54) is 7.11 Å². The highest BCUT2D eigenvalue weighted by Crippen LogP contribution is 2.22. The molecule has 0 bridgehead atoms. The Morgan fingerprint density at radius 2 is 1.54 bits per heavy atom. The summed E-state index contributed by atoms with van der Waals surface area (Å²) in [6.45, 7) is 1.75. The fraction of sp³-hybridized carbons (Fsp3) is 0.185. The average Bonchev–Trinajstić information content (AvgIpc) is 2.87. The molecular formula is C27H28N4O4. The van der Waals surface area contributed by atoms with Crippen LogP contribution in [0.2, 0.25) is 0 Å². The van der Waals surface area contributed by atoms with E-state index in [0.29, 0.717) is 23.1 Å². The number of nitrogen functional groups attached to an aromatic ring is 1. The fourth-order valence-electron chi connectivity index (χ4n) is 3.79. The first-order chi connectivity index (χ1) is 16.7. The van der Waals surface area contributed by atoms with Gasteiger partial charge in [0.15, 0.2) is 0 Å². The van der Waals surface area contributed by atoms with Crippen molar-refractivity contribution in [2.45, 2.75) is 19.4 Å². The smallest absolute Gasteiger partial charge is 0.311 e. The average molecular weight is 473 g/mol. The quantitative estimate of drug-likeness (QED) is 0.215. The number of nitrogens with one attached hydrogen (secondary N) is 2. The van der Waals surface area contributed by atoms with Crippen molar-refractivity contribution in [2.24, 2.45) is 17.4 Å². The van der Waals surface area contributed by atoms with Crippen molar-refractivity contribution in [2.75, 3.05) is 7.11 Å². The van der Waals surface area contributed by atoms with Crippen LogP contribution < -0.4 is 16.8 Å². The van der Waals surface area contributed by atoms with E-state index in [9.17, 15) is 14.4 Å². The van der Waals surface area contributed by atoms with Gasteiger partial charge in [-0.25, -0.2) is 0 Å². The van der Waals surface area contributed by atoms with Gasteiger partial charge in [-0.05, 0) is 60.4 Å². The molecule has 0 aliphatic carbocycles. The topological polar surface area (TPSA) is 148 Å². The summed E-state index contributed by atoms with van der Waals surface area (Å²) in [5.74, 6) is -1.99. The molecule has 0 aliphatic heterocycles. The van der Waals surface area contributed by atoms with E-state index in [4.69, 9.17) is 21.6 Å². The van der Waals surface area contributed by atoms with Gasteiger partial charge in [0.2, 0.25) is 5.91 Å². The number of carbonyl (C=O) groups excluding carboxylic acids is 3. The zero-order chi connectivity index (χ0) is 25.5. The van der Waals surface area contributed by atoms with Crippen molar-refractivity contribution in [3.63, 3.8) is 0 Å². The monoisotopic (exact) mass is 472 g/mol. The molecule has 35 heavy (non-hydrogen) atoms. The standard InChI is InChI=1S/C27H28N4O4/c1-16(23(27(34)35-2)14-17-5-3-7-21(13-17)24(28)29)31-26(33)19-11-9-18(10-12-19)20-6-4-8-22(15-20)25(30)32/h3-13,15-16,23H,14H2,1-2H3,(H3,28,29)(H2,30,32)(H,31,33)/t16-,23-/m1/s1. The number of methoxy groups -OCH3 is 1. The van der Waals surface area contributed by atoms with Crippen molar-refractivity contribution < 1.29 is 19.1 Å². The number of rotatable bonds is 9. The largest absolute Gasteiger partial charge is 0.469 e. The fourth-order valence-corrected chi connectivity index (χ4v) is 3.79. The Hall–Kier alpha value is -4.46. The van der Waals surface area contributed by atoms with E-state index in [2.05, 4.69) is 5.32 Å². The Kier molecular flexibility index (Phi) is 7.99. The van der Waals surface area contributed by atoms with Gasteiger partial charge in [-0.2, -0.15) is 0 Å². The lowest BCUT2D eigenvalue weighted by molar-refractivity contribution is -0.146. The summed E-state index contributed by atoms with van der Waals surface area (Å²) < 4.78 is 4.97. The molecule has 3 aromatic carbocycles. The molecule has 0 fully saturated rings. The van der Waals surface area contributed by atoms with Crippen LogP contribution in [0, 0.1) is 11.3 Å². The van der Waals surface area contributed by atoms with E-state index >= 15 is 0 Å². The van der Waals surface area contributed by atoms with Crippen LogP contribution in [0.4, 0.5) is 0 Å². The van der Waals surface area contributed by atoms with Crippen LogP contribution in [0.1, 0.15) is 38.8 Å². The summed E-state index contributed by atoms with van der Waals surface area (Å²) in [5, 5.41) is 10.5. The molecule has 8 nitrogen and oxygen atoms in total. The Morgan fingerprint density at radius 3 is 2.17 bits per heavy atom. The Bertz CT molecular complexity index is 1250. The molecule has 3 rings (SSSR count). The second-order valence-corrected chi connectivity index (χ2v) is 8.23. The van der Waals surface area contributed by atoms with E-state index in [0.717, 1.165) is 16.7 Å². The Morgan fingerprint density at radius 1 is 0.886 bits per heavy atom. The van der Waals surface area contributed by atoms with Crippen LogP contribution in [-0.4, -0.2) is 36.8 Å². The molecular weight excluding hydrogens is 444 g/mol. The number of hydrogen-bond acceptors (Lipinski definition) is 5. The second-order valence-electron chi connectivity index (χ2n) is 8.23. The Balaban J connectivity index is 1.74. The number of nitrogens with two attached hydrogens (primary N) is 2. The summed E-state index contributed by atoms with van der Waals surface area (Å²) in [4.78, 5) is 36.8. The van der Waals surface area contributed by atoms with Gasteiger partial charge < -0.3 is 21.5 Å². The Labute approximate surface area is 203 Å². The molecule has 0 heterocycles. The van der Waals surface area contributed by atoms with Crippen molar-refractivity contribution >= 4 is 23.6 Å². The van der Waals surface area contributed by atoms with Crippen LogP contribution >= 0.6 is 0 Å². The molecule has 6 N–H and O–H groups in total. The maximum absolute atomic E-state index is 12.9. The lowest BCUT2D eigenvalue weighted by Crippen LogP contribution is -2.42. The summed E-state index contributed by atoms with van der Waals surface area (Å²) >= 11 is 0. The number of ether oxygens (including phenoxy) is 1. The normalized spacial score (nSPS) is 12.3. The highest BCUT2D eigenvalue weighted by Gasteiger charge is 2.28. The van der Waals surface area contributed by atoms with Gasteiger partial charge in [-0.1, -0.05) is 42.5 Å². The molecule has 0 saturated carbocycles. The third kappa shape index (κ3) is 6.32. The molecule has 8 heteroatoms. The van der Waals surface area contributed by atoms with Crippen LogP contribution in [-0.2, 0) is 16.0 Å². The predicted molar refractivity (Wildman–Crippen MR) is 134 cm³/mol. The first kappa shape index (κ1) is 25.2. The van der Waals surface area contributed by atoms with Gasteiger partial charge in [0.25, 0.3) is 5.91 Å². The maximum atomic E-state index is 12.9. The highest BCUT2D eigenvalue weighted by molar-refractivity contribution is 5.96. The van der Waals surface area contributed by atoms with Gasteiger partial charge in [-0.3, -0.25) is 19.8 Å². The van der Waals surface area contributed by atoms with Crippen LogP contribution in [0.25, 0.3) is 11.1 Å². The van der Waals surface area contributed by atoms with Gasteiger partial charge in [-0.15, -0.1) is 0 Å². The molecule has 2 atom stereocenters. The van der Waals surface area contributed by atoms with Crippen LogP contribution in [0.3, 0.4) is 0 Å². The predicted octanol–water partition coefficient (Wildman–Crippen LogP) is 2.89. The van der Waals surface area contributed by atoms with Gasteiger partial charge >= 0.3 is 5.97 Å². The third-order valence-corrected chi connectivity index (χ3v) is 5.79. The summed E-state index contributed by atoms with van der Waals surface area (Å²) in [7, 11) is 1.31.